The van der Waals surface area contributed by atoms with Crippen molar-refractivity contribution in [3.8, 4) is 0 Å². The number of benzene rings is 1. The number of hydrogen-bond acceptors (Lipinski definition) is 8. The van der Waals surface area contributed by atoms with Gasteiger partial charge in [0.25, 0.3) is 5.69 Å². The van der Waals surface area contributed by atoms with Gasteiger partial charge >= 0.3 is 5.97 Å². The van der Waals surface area contributed by atoms with E-state index in [1.807, 2.05) is 13.8 Å². The fourth-order valence-electron chi connectivity index (χ4n) is 3.89. The second kappa shape index (κ2) is 8.27. The van der Waals surface area contributed by atoms with Crippen molar-refractivity contribution in [2.24, 2.45) is 11.1 Å². The summed E-state index contributed by atoms with van der Waals surface area (Å²) >= 11 is 0. The second-order valence-electron chi connectivity index (χ2n) is 8.04. The lowest BCUT2D eigenvalue weighted by molar-refractivity contribution is -0.385. The van der Waals surface area contributed by atoms with E-state index >= 15 is 0 Å². The van der Waals surface area contributed by atoms with Crippen molar-refractivity contribution in [1.29, 1.82) is 0 Å². The van der Waals surface area contributed by atoms with E-state index in [1.165, 1.54) is 25.3 Å². The summed E-state index contributed by atoms with van der Waals surface area (Å²) in [4.78, 5) is 37.1. The van der Waals surface area contributed by atoms with E-state index in [-0.39, 0.29) is 59.1 Å². The van der Waals surface area contributed by atoms with Crippen LogP contribution in [0.4, 0.5) is 5.69 Å². The second-order valence-corrected chi connectivity index (χ2v) is 8.04. The molecular formula is C21H24N2O7. The average Bonchev–Trinajstić information content (AvgIpc) is 2.65. The Hall–Kier alpha value is -3.20. The molecule has 1 aromatic rings. The first-order valence-corrected chi connectivity index (χ1v) is 9.49. The van der Waals surface area contributed by atoms with Crippen molar-refractivity contribution in [2.45, 2.75) is 32.6 Å². The number of carbonyl (C=O) groups is 2. The fourth-order valence-corrected chi connectivity index (χ4v) is 3.89. The lowest BCUT2D eigenvalue weighted by Crippen LogP contribution is -2.36. The fraction of sp³-hybridized carbons (Fsp3) is 0.429. The number of esters is 1. The van der Waals surface area contributed by atoms with Crippen molar-refractivity contribution >= 4 is 17.4 Å². The van der Waals surface area contributed by atoms with Gasteiger partial charge < -0.3 is 19.9 Å². The van der Waals surface area contributed by atoms with Crippen LogP contribution < -0.4 is 5.73 Å². The van der Waals surface area contributed by atoms with Crippen molar-refractivity contribution in [1.82, 2.24) is 0 Å². The summed E-state index contributed by atoms with van der Waals surface area (Å²) in [5.74, 6) is -1.97. The Morgan fingerprint density at radius 3 is 2.67 bits per heavy atom. The van der Waals surface area contributed by atoms with Gasteiger partial charge in [0.2, 0.25) is 5.88 Å². The van der Waals surface area contributed by atoms with E-state index in [2.05, 4.69) is 0 Å². The highest BCUT2D eigenvalue weighted by atomic mass is 16.6. The van der Waals surface area contributed by atoms with Gasteiger partial charge in [0, 0.05) is 37.2 Å². The molecule has 30 heavy (non-hydrogen) atoms. The standard InChI is InChI=1S/C21H24N2O7/c1-21(2)10-14(24)17-15(11-21)30-19(22)18(20(25)29-9-8-28-3)16(17)12-6-4-5-7-13(12)23(26)27/h4-7,16H,8-11,22H2,1-3H3/t16-/m1/s1. The summed E-state index contributed by atoms with van der Waals surface area (Å²) in [6.45, 7) is 3.97. The number of nitro groups is 1. The molecule has 1 atom stereocenters. The molecule has 0 saturated carbocycles. The van der Waals surface area contributed by atoms with Crippen LogP contribution in [0, 0.1) is 15.5 Å². The molecule has 0 radical (unpaired) electrons. The zero-order valence-corrected chi connectivity index (χ0v) is 17.1. The molecule has 160 valence electrons. The highest BCUT2D eigenvalue weighted by Crippen LogP contribution is 2.49. The number of allylic oxidation sites excluding steroid dienone is 2. The maximum Gasteiger partial charge on any atom is 0.340 e. The molecule has 0 saturated heterocycles. The topological polar surface area (TPSA) is 131 Å². The highest BCUT2D eigenvalue weighted by Gasteiger charge is 2.46. The number of methoxy groups -OCH3 is 1. The van der Waals surface area contributed by atoms with E-state index in [1.54, 1.807) is 6.07 Å². The monoisotopic (exact) mass is 416 g/mol. The summed E-state index contributed by atoms with van der Waals surface area (Å²) in [5, 5.41) is 11.7. The smallest absolute Gasteiger partial charge is 0.340 e. The van der Waals surface area contributed by atoms with E-state index in [4.69, 9.17) is 19.9 Å². The minimum absolute atomic E-state index is 0.0391. The maximum absolute atomic E-state index is 13.1. The van der Waals surface area contributed by atoms with Gasteiger partial charge in [-0.3, -0.25) is 14.9 Å². The molecule has 0 spiro atoms. The van der Waals surface area contributed by atoms with Crippen LogP contribution in [0.5, 0.6) is 0 Å². The summed E-state index contributed by atoms with van der Waals surface area (Å²) in [7, 11) is 1.46. The lowest BCUT2D eigenvalue weighted by atomic mass is 9.70. The molecule has 3 rings (SSSR count). The van der Waals surface area contributed by atoms with Crippen molar-refractivity contribution in [3.05, 3.63) is 62.7 Å². The molecule has 9 heteroatoms. The van der Waals surface area contributed by atoms with Gasteiger partial charge in [-0.05, 0) is 5.41 Å². The molecule has 2 N–H and O–H groups in total. The van der Waals surface area contributed by atoms with Crippen LogP contribution in [0.15, 0.2) is 47.1 Å². The number of ether oxygens (including phenoxy) is 3. The molecule has 2 aliphatic rings. The van der Waals surface area contributed by atoms with Crippen molar-refractivity contribution < 1.29 is 28.7 Å². The van der Waals surface area contributed by atoms with Gasteiger partial charge in [-0.1, -0.05) is 32.0 Å². The Morgan fingerprint density at radius 1 is 1.30 bits per heavy atom. The van der Waals surface area contributed by atoms with Crippen LogP contribution in [0.1, 0.15) is 38.2 Å². The van der Waals surface area contributed by atoms with E-state index < -0.39 is 16.8 Å². The van der Waals surface area contributed by atoms with Gasteiger partial charge in [0.1, 0.15) is 17.9 Å². The molecular weight excluding hydrogens is 392 g/mol. The van der Waals surface area contributed by atoms with Gasteiger partial charge in [-0.15, -0.1) is 0 Å². The number of rotatable bonds is 6. The highest BCUT2D eigenvalue weighted by molar-refractivity contribution is 6.04. The van der Waals surface area contributed by atoms with Gasteiger partial charge in [0.05, 0.1) is 17.4 Å². The van der Waals surface area contributed by atoms with Crippen LogP contribution in [-0.4, -0.2) is 37.0 Å². The number of nitrogens with two attached hydrogens (primary N) is 1. The minimum atomic E-state index is -1.05. The molecule has 0 aromatic heterocycles. The molecule has 1 aliphatic heterocycles. The van der Waals surface area contributed by atoms with Crippen molar-refractivity contribution in [3.63, 3.8) is 0 Å². The summed E-state index contributed by atoms with van der Waals surface area (Å²) in [5.41, 5.74) is 5.80. The van der Waals surface area contributed by atoms with Crippen LogP contribution in [0.25, 0.3) is 0 Å². The number of ketones is 1. The largest absolute Gasteiger partial charge is 0.460 e. The summed E-state index contributed by atoms with van der Waals surface area (Å²) in [6, 6.07) is 5.97. The Bertz CT molecular complexity index is 962. The zero-order chi connectivity index (χ0) is 22.1. The van der Waals surface area contributed by atoms with Crippen LogP contribution in [0.2, 0.25) is 0 Å². The molecule has 9 nitrogen and oxygen atoms in total. The number of nitrogens with zero attached hydrogens (tertiary/aromatic N) is 1. The Kier molecular flexibility index (Phi) is 5.93. The van der Waals surface area contributed by atoms with Crippen LogP contribution >= 0.6 is 0 Å². The summed E-state index contributed by atoms with van der Waals surface area (Å²) in [6.07, 6.45) is 0.635. The van der Waals surface area contributed by atoms with Crippen molar-refractivity contribution in [2.75, 3.05) is 20.3 Å². The third-order valence-corrected chi connectivity index (χ3v) is 5.14. The molecule has 0 bridgehead atoms. The predicted octanol–water partition coefficient (Wildman–Crippen LogP) is 2.71. The lowest BCUT2D eigenvalue weighted by Gasteiger charge is -2.37. The maximum atomic E-state index is 13.1. The minimum Gasteiger partial charge on any atom is -0.460 e. The first kappa shape index (κ1) is 21.5. The number of carbonyl (C=O) groups excluding carboxylic acids is 2. The third-order valence-electron chi connectivity index (χ3n) is 5.14. The number of Topliss-reactive ketones (excluding diaryl/α,β-unsaturated/α-hetero) is 1. The average molecular weight is 416 g/mol. The molecule has 1 aliphatic carbocycles. The Balaban J connectivity index is 2.17. The summed E-state index contributed by atoms with van der Waals surface area (Å²) < 4.78 is 15.8. The molecule has 0 unspecified atom stereocenters. The molecule has 1 aromatic carbocycles. The Labute approximate surface area is 173 Å². The third kappa shape index (κ3) is 4.06. The van der Waals surface area contributed by atoms with Gasteiger partial charge in [-0.25, -0.2) is 4.79 Å². The zero-order valence-electron chi connectivity index (χ0n) is 17.1. The van der Waals surface area contributed by atoms with E-state index in [0.29, 0.717) is 12.2 Å². The normalized spacial score (nSPS) is 20.5. The van der Waals surface area contributed by atoms with Gasteiger partial charge in [0.15, 0.2) is 5.78 Å². The first-order valence-electron chi connectivity index (χ1n) is 9.49. The van der Waals surface area contributed by atoms with Crippen LogP contribution in [0.3, 0.4) is 0 Å². The number of para-hydroxylation sites is 1. The predicted molar refractivity (Wildman–Crippen MR) is 106 cm³/mol. The Morgan fingerprint density at radius 2 is 2.00 bits per heavy atom. The quantitative estimate of drug-likeness (QED) is 0.324. The molecule has 1 heterocycles. The number of nitro benzene ring substituents is 1. The van der Waals surface area contributed by atoms with Crippen LogP contribution in [-0.2, 0) is 23.8 Å². The number of hydrogen-bond donors (Lipinski definition) is 1. The van der Waals surface area contributed by atoms with Gasteiger partial charge in [-0.2, -0.15) is 0 Å². The SMILES string of the molecule is COCCOC(=O)C1=C(N)OC2=C(C(=O)CC(C)(C)C2)[C@H]1c1ccccc1[N+](=O)[O-]. The first-order chi connectivity index (χ1) is 14.2. The van der Waals surface area contributed by atoms with E-state index in [0.717, 1.165) is 0 Å². The molecule has 0 amide bonds. The van der Waals surface area contributed by atoms with E-state index in [9.17, 15) is 19.7 Å². The molecule has 0 fully saturated rings.